The topological polar surface area (TPSA) is 46.5 Å². The van der Waals surface area contributed by atoms with Crippen molar-refractivity contribution in [2.24, 2.45) is 4.99 Å². The van der Waals surface area contributed by atoms with Gasteiger partial charge >= 0.3 is 0 Å². The molecule has 0 radical (unpaired) electrons. The van der Waals surface area contributed by atoms with Gasteiger partial charge in [0.25, 0.3) is 6.02 Å². The summed E-state index contributed by atoms with van der Waals surface area (Å²) in [7, 11) is 0. The first kappa shape index (κ1) is 16.1. The highest BCUT2D eigenvalue weighted by molar-refractivity contribution is 6.32. The molecule has 0 spiro atoms. The third kappa shape index (κ3) is 3.59. The van der Waals surface area contributed by atoms with Crippen molar-refractivity contribution in [3.63, 3.8) is 0 Å². The largest absolute Gasteiger partial charge is 0.463 e. The number of halogens is 2. The summed E-state index contributed by atoms with van der Waals surface area (Å²) in [4.78, 5) is 8.43. The SMILES string of the molecule is Cc1c(Cl)cncc1-c1cc(Cl)cc(C(C)NC2=NCCO2)c1. The van der Waals surface area contributed by atoms with Crippen LogP contribution in [0.15, 0.2) is 35.6 Å². The molecule has 4 nitrogen and oxygen atoms in total. The first-order chi connectivity index (χ1) is 11.0. The number of aromatic nitrogens is 1. The van der Waals surface area contributed by atoms with E-state index in [0.717, 1.165) is 22.3 Å². The maximum Gasteiger partial charge on any atom is 0.285 e. The molecule has 1 N–H and O–H groups in total. The fourth-order valence-corrected chi connectivity index (χ4v) is 2.90. The fraction of sp³-hybridized carbons (Fsp3) is 0.294. The summed E-state index contributed by atoms with van der Waals surface area (Å²) in [5.41, 5.74) is 4.00. The first-order valence-corrected chi connectivity index (χ1v) is 8.15. The Kier molecular flexibility index (Phi) is 4.74. The molecule has 0 aliphatic carbocycles. The predicted molar refractivity (Wildman–Crippen MR) is 94.2 cm³/mol. The predicted octanol–water partition coefficient (Wildman–Crippen LogP) is 4.40. The highest BCUT2D eigenvalue weighted by Crippen LogP contribution is 2.31. The molecule has 1 unspecified atom stereocenters. The van der Waals surface area contributed by atoms with Crippen LogP contribution in [0.1, 0.15) is 24.1 Å². The van der Waals surface area contributed by atoms with E-state index < -0.39 is 0 Å². The normalized spacial score (nSPS) is 15.0. The van der Waals surface area contributed by atoms with Gasteiger partial charge in [0.1, 0.15) is 6.61 Å². The van der Waals surface area contributed by atoms with E-state index in [-0.39, 0.29) is 6.04 Å². The number of benzene rings is 1. The van der Waals surface area contributed by atoms with E-state index in [1.165, 1.54) is 0 Å². The van der Waals surface area contributed by atoms with Crippen LogP contribution < -0.4 is 5.32 Å². The lowest BCUT2D eigenvalue weighted by Crippen LogP contribution is -2.26. The maximum absolute atomic E-state index is 6.31. The Balaban J connectivity index is 1.94. The van der Waals surface area contributed by atoms with Crippen LogP contribution >= 0.6 is 23.2 Å². The van der Waals surface area contributed by atoms with Gasteiger partial charge in [-0.1, -0.05) is 23.2 Å². The van der Waals surface area contributed by atoms with E-state index in [0.29, 0.717) is 29.2 Å². The van der Waals surface area contributed by atoms with Gasteiger partial charge in [-0.3, -0.25) is 4.98 Å². The van der Waals surface area contributed by atoms with E-state index in [1.54, 1.807) is 12.4 Å². The van der Waals surface area contributed by atoms with Crippen molar-refractivity contribution >= 4 is 29.2 Å². The van der Waals surface area contributed by atoms with Gasteiger partial charge in [0.15, 0.2) is 0 Å². The van der Waals surface area contributed by atoms with Crippen molar-refractivity contribution < 1.29 is 4.74 Å². The minimum atomic E-state index is 0.0248. The fourth-order valence-electron chi connectivity index (χ4n) is 2.50. The van der Waals surface area contributed by atoms with Gasteiger partial charge in [-0.05, 0) is 48.7 Å². The second kappa shape index (κ2) is 6.77. The van der Waals surface area contributed by atoms with Gasteiger partial charge in [0.2, 0.25) is 0 Å². The van der Waals surface area contributed by atoms with Crippen molar-refractivity contribution in [2.45, 2.75) is 19.9 Å². The zero-order chi connectivity index (χ0) is 16.4. The third-order valence-corrected chi connectivity index (χ3v) is 4.41. The van der Waals surface area contributed by atoms with E-state index in [1.807, 2.05) is 26.0 Å². The molecule has 23 heavy (non-hydrogen) atoms. The molecular weight excluding hydrogens is 333 g/mol. The zero-order valence-electron chi connectivity index (χ0n) is 12.9. The number of aliphatic imine (C=N–C) groups is 1. The molecular formula is C17H17Cl2N3O. The molecule has 1 aromatic heterocycles. The van der Waals surface area contributed by atoms with E-state index in [4.69, 9.17) is 27.9 Å². The van der Waals surface area contributed by atoms with Crippen LogP contribution in [0.4, 0.5) is 0 Å². The number of pyridine rings is 1. The molecule has 0 fully saturated rings. The van der Waals surface area contributed by atoms with Crippen molar-refractivity contribution in [1.82, 2.24) is 10.3 Å². The number of hydrogen-bond donors (Lipinski definition) is 1. The highest BCUT2D eigenvalue weighted by Gasteiger charge is 2.15. The summed E-state index contributed by atoms with van der Waals surface area (Å²) in [6, 6.07) is 6.54. The average molecular weight is 350 g/mol. The van der Waals surface area contributed by atoms with Gasteiger partial charge in [-0.15, -0.1) is 0 Å². The minimum absolute atomic E-state index is 0.0248. The molecule has 6 heteroatoms. The summed E-state index contributed by atoms with van der Waals surface area (Å²) < 4.78 is 5.40. The summed E-state index contributed by atoms with van der Waals surface area (Å²) in [5.74, 6) is 0. The Labute approximate surface area is 145 Å². The van der Waals surface area contributed by atoms with Crippen LogP contribution in [-0.4, -0.2) is 24.2 Å². The van der Waals surface area contributed by atoms with Gasteiger partial charge in [0, 0.05) is 23.0 Å². The van der Waals surface area contributed by atoms with Gasteiger partial charge in [-0.25, -0.2) is 4.99 Å². The van der Waals surface area contributed by atoms with Crippen molar-refractivity contribution in [2.75, 3.05) is 13.2 Å². The molecule has 0 saturated heterocycles. The lowest BCUT2D eigenvalue weighted by Gasteiger charge is -2.17. The molecule has 2 aromatic rings. The standard InChI is InChI=1S/C17H17Cl2N3O/c1-10-15(8-20-9-16(10)19)13-5-12(6-14(18)7-13)11(2)22-17-21-3-4-23-17/h5-9,11H,3-4H2,1-2H3,(H,21,22). The van der Waals surface area contributed by atoms with Crippen LogP contribution in [-0.2, 0) is 4.74 Å². The number of nitrogens with one attached hydrogen (secondary N) is 1. The number of nitrogens with zero attached hydrogens (tertiary/aromatic N) is 2. The first-order valence-electron chi connectivity index (χ1n) is 7.39. The summed E-state index contributed by atoms with van der Waals surface area (Å²) in [6.07, 6.45) is 3.45. The van der Waals surface area contributed by atoms with E-state index in [2.05, 4.69) is 21.4 Å². The molecule has 1 aromatic carbocycles. The summed E-state index contributed by atoms with van der Waals surface area (Å²) >= 11 is 12.5. The Morgan fingerprint density at radius 3 is 2.78 bits per heavy atom. The Morgan fingerprint density at radius 1 is 1.22 bits per heavy atom. The quantitative estimate of drug-likeness (QED) is 0.892. The molecule has 2 heterocycles. The minimum Gasteiger partial charge on any atom is -0.463 e. The smallest absolute Gasteiger partial charge is 0.285 e. The second-order valence-electron chi connectivity index (χ2n) is 5.47. The van der Waals surface area contributed by atoms with Crippen LogP contribution in [0.3, 0.4) is 0 Å². The van der Waals surface area contributed by atoms with Gasteiger partial charge in [-0.2, -0.15) is 0 Å². The molecule has 1 aliphatic heterocycles. The van der Waals surface area contributed by atoms with E-state index >= 15 is 0 Å². The Bertz CT molecular complexity index is 761. The third-order valence-electron chi connectivity index (χ3n) is 3.81. The van der Waals surface area contributed by atoms with Crippen LogP contribution in [0, 0.1) is 6.92 Å². The number of ether oxygens (including phenoxy) is 1. The van der Waals surface area contributed by atoms with Crippen LogP contribution in [0.25, 0.3) is 11.1 Å². The molecule has 1 aliphatic rings. The molecule has 3 rings (SSSR count). The highest BCUT2D eigenvalue weighted by atomic mass is 35.5. The number of amidine groups is 1. The van der Waals surface area contributed by atoms with Crippen molar-refractivity contribution in [3.8, 4) is 11.1 Å². The van der Waals surface area contributed by atoms with Gasteiger partial charge < -0.3 is 10.1 Å². The number of rotatable bonds is 3. The molecule has 120 valence electrons. The lowest BCUT2D eigenvalue weighted by molar-refractivity contribution is 0.327. The maximum atomic E-state index is 6.31. The van der Waals surface area contributed by atoms with Crippen molar-refractivity contribution in [1.29, 1.82) is 0 Å². The van der Waals surface area contributed by atoms with Gasteiger partial charge in [0.05, 0.1) is 17.6 Å². The Morgan fingerprint density at radius 2 is 2.04 bits per heavy atom. The second-order valence-corrected chi connectivity index (χ2v) is 6.31. The van der Waals surface area contributed by atoms with E-state index in [9.17, 15) is 0 Å². The summed E-state index contributed by atoms with van der Waals surface area (Å²) in [6.45, 7) is 5.35. The molecule has 0 bridgehead atoms. The lowest BCUT2D eigenvalue weighted by atomic mass is 9.98. The molecule has 1 atom stereocenters. The molecule has 0 amide bonds. The zero-order valence-corrected chi connectivity index (χ0v) is 14.4. The average Bonchev–Trinajstić information content (AvgIpc) is 3.02. The van der Waals surface area contributed by atoms with Crippen LogP contribution in [0.5, 0.6) is 0 Å². The Hall–Kier alpha value is -1.78. The van der Waals surface area contributed by atoms with Crippen molar-refractivity contribution in [3.05, 3.63) is 51.8 Å². The number of hydrogen-bond acceptors (Lipinski definition) is 4. The van der Waals surface area contributed by atoms with Crippen LogP contribution in [0.2, 0.25) is 10.0 Å². The molecule has 0 saturated carbocycles. The summed E-state index contributed by atoms with van der Waals surface area (Å²) in [5, 5.41) is 4.56. The monoisotopic (exact) mass is 349 g/mol.